The molecule has 4 aromatic rings. The Balaban J connectivity index is 1.96. The van der Waals surface area contributed by atoms with Gasteiger partial charge in [-0.15, -0.1) is 0 Å². The van der Waals surface area contributed by atoms with E-state index in [1.807, 2.05) is 19.1 Å². The van der Waals surface area contributed by atoms with Gasteiger partial charge in [-0.1, -0.05) is 11.6 Å². The summed E-state index contributed by atoms with van der Waals surface area (Å²) in [7, 11) is 3.24. The number of H-pyrrole nitrogens is 1. The van der Waals surface area contributed by atoms with Gasteiger partial charge in [0.05, 0.1) is 29.6 Å². The van der Waals surface area contributed by atoms with Crippen LogP contribution in [-0.2, 0) is 9.47 Å². The highest BCUT2D eigenvalue weighted by Crippen LogP contribution is 2.41. The Kier molecular flexibility index (Phi) is 6.64. The van der Waals surface area contributed by atoms with Crippen LogP contribution in [0.1, 0.15) is 5.69 Å². The fraction of sp³-hybridized carbons (Fsp3) is 0.304. The van der Waals surface area contributed by atoms with Crippen LogP contribution in [0.3, 0.4) is 0 Å². The van der Waals surface area contributed by atoms with Gasteiger partial charge in [0.25, 0.3) is 0 Å². The number of aromatic nitrogens is 3. The highest BCUT2D eigenvalue weighted by molar-refractivity contribution is 6.32. The number of phenols is 1. The molecule has 0 saturated carbocycles. The second-order valence-corrected chi connectivity index (χ2v) is 7.59. The molecule has 2 aromatic heterocycles. The maximum Gasteiger partial charge on any atom is 0.162 e. The van der Waals surface area contributed by atoms with Crippen molar-refractivity contribution in [1.29, 1.82) is 0 Å². The summed E-state index contributed by atoms with van der Waals surface area (Å²) in [5, 5.41) is 20.1. The second kappa shape index (κ2) is 9.60. The predicted molar refractivity (Wildman–Crippen MR) is 123 cm³/mol. The predicted octanol–water partition coefficient (Wildman–Crippen LogP) is 4.50. The zero-order valence-electron chi connectivity index (χ0n) is 18.1. The number of halogens is 1. The molecule has 0 fully saturated rings. The van der Waals surface area contributed by atoms with Crippen LogP contribution in [0.15, 0.2) is 30.3 Å². The Morgan fingerprint density at radius 3 is 2.22 bits per heavy atom. The van der Waals surface area contributed by atoms with Crippen molar-refractivity contribution in [2.45, 2.75) is 6.92 Å². The number of hydrogen-bond acceptors (Lipinski definition) is 7. The number of rotatable bonds is 9. The summed E-state index contributed by atoms with van der Waals surface area (Å²) < 4.78 is 22.2. The summed E-state index contributed by atoms with van der Waals surface area (Å²) in [5.41, 5.74) is 2.90. The van der Waals surface area contributed by atoms with E-state index >= 15 is 0 Å². The molecule has 2 aromatic carbocycles. The number of nitrogens with zero attached hydrogens (tertiary/aromatic N) is 2. The summed E-state index contributed by atoms with van der Waals surface area (Å²) in [5.74, 6) is 1.17. The molecule has 9 heteroatoms. The van der Waals surface area contributed by atoms with Crippen molar-refractivity contribution in [1.82, 2.24) is 15.2 Å². The summed E-state index contributed by atoms with van der Waals surface area (Å²) in [4.78, 5) is 4.81. The third kappa shape index (κ3) is 4.29. The molecule has 0 spiro atoms. The lowest BCUT2D eigenvalue weighted by atomic mass is 10.00. The van der Waals surface area contributed by atoms with Gasteiger partial charge in [-0.05, 0) is 37.3 Å². The van der Waals surface area contributed by atoms with E-state index in [1.54, 1.807) is 32.4 Å². The highest BCUT2D eigenvalue weighted by atomic mass is 35.5. The molecule has 0 aliphatic heterocycles. The number of methoxy groups -OCH3 is 2. The molecule has 8 nitrogen and oxygen atoms in total. The largest absolute Gasteiger partial charge is 0.506 e. The lowest BCUT2D eigenvalue weighted by molar-refractivity contribution is 0.132. The van der Waals surface area contributed by atoms with E-state index in [2.05, 4.69) is 10.2 Å². The normalized spacial score (nSPS) is 11.4. The van der Waals surface area contributed by atoms with Gasteiger partial charge in [-0.3, -0.25) is 5.10 Å². The van der Waals surface area contributed by atoms with Gasteiger partial charge in [-0.25, -0.2) is 4.98 Å². The van der Waals surface area contributed by atoms with Crippen LogP contribution in [-0.4, -0.2) is 60.9 Å². The van der Waals surface area contributed by atoms with Crippen LogP contribution in [0.2, 0.25) is 5.02 Å². The van der Waals surface area contributed by atoms with Crippen LogP contribution in [0.25, 0.3) is 33.1 Å². The van der Waals surface area contributed by atoms with Gasteiger partial charge < -0.3 is 24.1 Å². The summed E-state index contributed by atoms with van der Waals surface area (Å²) in [6.07, 6.45) is 0. The monoisotopic (exact) mass is 457 g/mol. The third-order valence-electron chi connectivity index (χ3n) is 5.07. The SMILES string of the molecule is COCCOc1cc2c(-c3ccc(O)c(Cl)c3)nc3[nH]nc(C)c3c2cc1OCCOC. The van der Waals surface area contributed by atoms with Gasteiger partial charge >= 0.3 is 0 Å². The van der Waals surface area contributed by atoms with E-state index in [1.165, 1.54) is 0 Å². The lowest BCUT2D eigenvalue weighted by Gasteiger charge is -2.16. The maximum absolute atomic E-state index is 9.86. The van der Waals surface area contributed by atoms with Crippen molar-refractivity contribution in [3.8, 4) is 28.5 Å². The molecule has 4 rings (SSSR count). The second-order valence-electron chi connectivity index (χ2n) is 7.19. The molecular weight excluding hydrogens is 434 g/mol. The first-order valence-electron chi connectivity index (χ1n) is 10.1. The number of phenolic OH excluding ortho intramolecular Hbond substituents is 1. The van der Waals surface area contributed by atoms with E-state index in [-0.39, 0.29) is 10.8 Å². The van der Waals surface area contributed by atoms with Crippen molar-refractivity contribution in [2.24, 2.45) is 0 Å². The number of benzene rings is 2. The number of pyridine rings is 1. The van der Waals surface area contributed by atoms with E-state index < -0.39 is 0 Å². The van der Waals surface area contributed by atoms with Crippen molar-refractivity contribution in [3.05, 3.63) is 41.0 Å². The Hall–Kier alpha value is -3.07. The van der Waals surface area contributed by atoms with Crippen LogP contribution in [0, 0.1) is 6.92 Å². The molecule has 2 heterocycles. The van der Waals surface area contributed by atoms with E-state index in [4.69, 9.17) is 35.5 Å². The summed E-state index contributed by atoms with van der Waals surface area (Å²) in [6, 6.07) is 8.84. The summed E-state index contributed by atoms with van der Waals surface area (Å²) >= 11 is 6.18. The first-order valence-corrected chi connectivity index (χ1v) is 10.5. The van der Waals surface area contributed by atoms with Crippen molar-refractivity contribution < 1.29 is 24.1 Å². The standard InChI is InChI=1S/C23H24ClN3O5/c1-13-21-15-11-19(31-8-6-29-2)20(32-9-7-30-3)12-16(15)22(25-23(21)27-26-13)14-4-5-18(28)17(24)10-14/h4-5,10-12,28H,6-9H2,1-3H3,(H,25,26,27). The fourth-order valence-electron chi connectivity index (χ4n) is 3.53. The van der Waals surface area contributed by atoms with Crippen molar-refractivity contribution in [3.63, 3.8) is 0 Å². The molecule has 0 aliphatic rings. The zero-order chi connectivity index (χ0) is 22.7. The number of aromatic amines is 1. The van der Waals surface area contributed by atoms with Crippen LogP contribution < -0.4 is 9.47 Å². The number of aryl methyl sites for hydroxylation is 1. The molecule has 0 atom stereocenters. The lowest BCUT2D eigenvalue weighted by Crippen LogP contribution is -2.08. The van der Waals surface area contributed by atoms with Gasteiger partial charge in [-0.2, -0.15) is 5.10 Å². The van der Waals surface area contributed by atoms with E-state index in [0.29, 0.717) is 49.3 Å². The van der Waals surface area contributed by atoms with Gasteiger partial charge in [0, 0.05) is 35.9 Å². The Morgan fingerprint density at radius 1 is 0.938 bits per heavy atom. The van der Waals surface area contributed by atoms with Crippen LogP contribution in [0.5, 0.6) is 17.2 Å². The number of aromatic hydroxyl groups is 1. The maximum atomic E-state index is 9.86. The molecule has 0 radical (unpaired) electrons. The minimum absolute atomic E-state index is 0.00982. The Labute approximate surface area is 190 Å². The van der Waals surface area contributed by atoms with Crippen LogP contribution in [0.4, 0.5) is 0 Å². The molecule has 32 heavy (non-hydrogen) atoms. The molecule has 0 saturated heterocycles. The van der Waals surface area contributed by atoms with Gasteiger partial charge in [0.2, 0.25) is 0 Å². The van der Waals surface area contributed by atoms with Crippen LogP contribution >= 0.6 is 11.6 Å². The average molecular weight is 458 g/mol. The quantitative estimate of drug-likeness (QED) is 0.357. The molecule has 0 bridgehead atoms. The van der Waals surface area contributed by atoms with Gasteiger partial charge in [0.1, 0.15) is 19.0 Å². The molecule has 0 aliphatic carbocycles. The van der Waals surface area contributed by atoms with Crippen molar-refractivity contribution in [2.75, 3.05) is 40.6 Å². The molecule has 2 N–H and O–H groups in total. The zero-order valence-corrected chi connectivity index (χ0v) is 18.8. The first-order chi connectivity index (χ1) is 15.5. The Bertz CT molecular complexity index is 1260. The Morgan fingerprint density at radius 2 is 1.59 bits per heavy atom. The minimum atomic E-state index is 0.00982. The van der Waals surface area contributed by atoms with E-state index in [0.717, 1.165) is 27.4 Å². The molecule has 0 amide bonds. The van der Waals surface area contributed by atoms with E-state index in [9.17, 15) is 5.11 Å². The summed E-state index contributed by atoms with van der Waals surface area (Å²) in [6.45, 7) is 3.55. The number of ether oxygens (including phenoxy) is 4. The molecular formula is C23H24ClN3O5. The smallest absolute Gasteiger partial charge is 0.162 e. The number of fused-ring (bicyclic) bond motifs is 3. The first kappa shape index (κ1) is 22.1. The third-order valence-corrected chi connectivity index (χ3v) is 5.37. The number of nitrogens with one attached hydrogen (secondary N) is 1. The minimum Gasteiger partial charge on any atom is -0.506 e. The van der Waals surface area contributed by atoms with Crippen molar-refractivity contribution >= 4 is 33.4 Å². The highest BCUT2D eigenvalue weighted by Gasteiger charge is 2.19. The number of hydrogen-bond donors (Lipinski definition) is 2. The fourth-order valence-corrected chi connectivity index (χ4v) is 3.71. The topological polar surface area (TPSA) is 98.7 Å². The molecule has 168 valence electrons. The average Bonchev–Trinajstić information content (AvgIpc) is 3.16. The molecule has 0 unspecified atom stereocenters. The van der Waals surface area contributed by atoms with Gasteiger partial charge in [0.15, 0.2) is 17.1 Å².